The summed E-state index contributed by atoms with van der Waals surface area (Å²) in [5, 5.41) is 15.0. The lowest BCUT2D eigenvalue weighted by molar-refractivity contribution is 0.0214. The largest absolute Gasteiger partial charge is 0.444 e. The van der Waals surface area contributed by atoms with E-state index in [2.05, 4.69) is 58.0 Å². The van der Waals surface area contributed by atoms with Gasteiger partial charge in [-0.3, -0.25) is 29.1 Å². The Kier molecular flexibility index (Phi) is 26.2. The quantitative estimate of drug-likeness (QED) is 0.0477. The molecule has 0 spiro atoms. The van der Waals surface area contributed by atoms with Crippen LogP contribution in [0.3, 0.4) is 0 Å². The van der Waals surface area contributed by atoms with Gasteiger partial charge in [0, 0.05) is 68.4 Å². The van der Waals surface area contributed by atoms with E-state index in [1.165, 1.54) is 74.8 Å². The summed E-state index contributed by atoms with van der Waals surface area (Å²) in [5.41, 5.74) is 17.4. The summed E-state index contributed by atoms with van der Waals surface area (Å²) < 4.78 is 10.9. The molecule has 0 radical (unpaired) electrons. The third-order valence-electron chi connectivity index (χ3n) is 16.8. The second-order valence-corrected chi connectivity index (χ2v) is 32.6. The predicted octanol–water partition coefficient (Wildman–Crippen LogP) is 18.6. The summed E-state index contributed by atoms with van der Waals surface area (Å²) in [6.45, 7) is 15.5. The number of thioether (sulfide) groups is 4. The molecule has 0 fully saturated rings. The fourth-order valence-corrected chi connectivity index (χ4v) is 16.8. The van der Waals surface area contributed by atoms with E-state index in [4.69, 9.17) is 84.8 Å². The Balaban J connectivity index is 0.000000147. The minimum absolute atomic E-state index is 0. The lowest BCUT2D eigenvalue weighted by Crippen LogP contribution is -2.39. The van der Waals surface area contributed by atoms with Crippen LogP contribution in [0.4, 0.5) is 55.6 Å². The first-order valence-electron chi connectivity index (χ1n) is 33.3. The number of nitrogens with zero attached hydrogens (tertiary/aromatic N) is 11. The van der Waals surface area contributed by atoms with Gasteiger partial charge in [0.25, 0.3) is 17.7 Å². The van der Waals surface area contributed by atoms with Crippen molar-refractivity contribution < 1.29 is 33.4 Å². The zero-order valence-corrected chi connectivity index (χ0v) is 67.4. The highest BCUT2D eigenvalue weighted by Crippen LogP contribution is 2.44. The van der Waals surface area contributed by atoms with Gasteiger partial charge >= 0.3 is 12.2 Å². The Morgan fingerprint density at radius 2 is 0.879 bits per heavy atom. The average Bonchev–Trinajstić information content (AvgIpc) is 0.785. The van der Waals surface area contributed by atoms with Crippen LogP contribution in [0.25, 0.3) is 0 Å². The highest BCUT2D eigenvalue weighted by molar-refractivity contribution is 8.00. The number of fused-ring (bicyclic) bond motifs is 6. The van der Waals surface area contributed by atoms with E-state index in [0.717, 1.165) is 66.1 Å². The number of hydrogen-bond donors (Lipinski definition) is 4. The molecule has 22 nitrogen and oxygen atoms in total. The lowest BCUT2D eigenvalue weighted by atomic mass is 9.99. The van der Waals surface area contributed by atoms with Crippen molar-refractivity contribution in [2.45, 2.75) is 112 Å². The third kappa shape index (κ3) is 19.5. The highest BCUT2D eigenvalue weighted by Gasteiger charge is 2.35. The molecular formula is C74H72Cl7N15O7S4. The first-order valence-corrected chi connectivity index (χ1v) is 39.7. The van der Waals surface area contributed by atoms with Crippen LogP contribution in [0.5, 0.6) is 0 Å². The molecule has 9 heterocycles. The number of carbonyl (C=O) groups excluding carboxylic acids is 5. The number of benzene rings is 6. The number of halogens is 7. The standard InChI is InChI=1S/C26H25Cl2N5O3S.C21H17Cl2N5OS.C14H20N2O2.C13H9Cl2N3OS2.ClH/c1-26(2,3)36-25(35)32-10-9-15-11-17(8-7-16(15)13-32)30-24-29-12-18-22(31-24)37-14-33(23(18)34)21-19(27)5-4-6-20(21)28;22-16-2-1-3-17(23)18(16)28-11-30-19-15(20(28)29)10-25-21(27-19)26-14-5-4-13-9-24-7-6-12(13)8-14;1-14(2,3)18-13(17)16-7-6-10-8-12(15)5-4-11(10)9-16;1-20-13-16-5-7-11(17-13)21-6-18(12(7)19)10-8(14)3-2-4-9(10)15;/h4-8,11-12H,9-10,13-14H2,1-3H3,(H,29,30,31);1-5,8,10,24H,6-7,9,11H2,(H,25,26,27);4-5,8H,6-7,9,15H2,1-3H3;2-5H,6H2,1H3;1H. The van der Waals surface area contributed by atoms with Crippen molar-refractivity contribution in [3.05, 3.63) is 208 Å². The summed E-state index contributed by atoms with van der Waals surface area (Å²) in [5.74, 6) is 1.33. The topological polar surface area (TPSA) is 259 Å². The molecule has 33 heteroatoms. The van der Waals surface area contributed by atoms with Crippen molar-refractivity contribution in [2.75, 3.05) is 74.6 Å². The number of nitrogens with one attached hydrogen (secondary N) is 3. The molecule has 5 N–H and O–H groups in total. The van der Waals surface area contributed by atoms with E-state index >= 15 is 0 Å². The van der Waals surface area contributed by atoms with Gasteiger partial charge in [-0.1, -0.05) is 153 Å². The normalized spacial score (nSPS) is 15.0. The molecule has 0 aliphatic carbocycles. The maximum Gasteiger partial charge on any atom is 0.410 e. The maximum atomic E-state index is 13.2. The zero-order valence-electron chi connectivity index (χ0n) is 58.8. The molecule has 0 bridgehead atoms. The lowest BCUT2D eigenvalue weighted by Gasteiger charge is -2.31. The number of nitrogens with two attached hydrogens (primary N) is 1. The Morgan fingerprint density at radius 3 is 1.29 bits per heavy atom. The van der Waals surface area contributed by atoms with Crippen molar-refractivity contribution in [3.8, 4) is 0 Å². The summed E-state index contributed by atoms with van der Waals surface area (Å²) >= 11 is 43.3. The zero-order chi connectivity index (χ0) is 75.3. The molecule has 0 saturated heterocycles. The molecule has 0 unspecified atom stereocenters. The number of anilines is 8. The molecule has 558 valence electrons. The van der Waals surface area contributed by atoms with Crippen LogP contribution in [0.15, 0.2) is 148 Å². The van der Waals surface area contributed by atoms with Crippen LogP contribution in [-0.2, 0) is 48.4 Å². The van der Waals surface area contributed by atoms with E-state index in [1.54, 1.807) is 86.6 Å². The second kappa shape index (κ2) is 34.9. The first-order chi connectivity index (χ1) is 50.6. The van der Waals surface area contributed by atoms with Crippen LogP contribution in [0.2, 0.25) is 30.1 Å². The van der Waals surface area contributed by atoms with Gasteiger partial charge < -0.3 is 41.0 Å². The van der Waals surface area contributed by atoms with Gasteiger partial charge in [0.1, 0.15) is 26.3 Å². The number of nitrogen functional groups attached to an aromatic ring is 1. The Morgan fingerprint density at radius 1 is 0.505 bits per heavy atom. The van der Waals surface area contributed by atoms with Crippen molar-refractivity contribution in [3.63, 3.8) is 0 Å². The molecular weight excluding hydrogens is 1590 g/mol. The number of ether oxygens (including phenoxy) is 2. The van der Waals surface area contributed by atoms with Crippen LogP contribution in [0, 0.1) is 0 Å². The Bertz CT molecular complexity index is 4850. The summed E-state index contributed by atoms with van der Waals surface area (Å²) in [6.07, 6.45) is 8.54. The maximum absolute atomic E-state index is 13.2. The van der Waals surface area contributed by atoms with Crippen molar-refractivity contribution >= 4 is 205 Å². The fourth-order valence-electron chi connectivity index (χ4n) is 11.8. The van der Waals surface area contributed by atoms with Gasteiger partial charge in [-0.2, -0.15) is 0 Å². The van der Waals surface area contributed by atoms with Gasteiger partial charge in [0.2, 0.25) is 11.9 Å². The number of aromatic nitrogens is 6. The molecule has 5 amide bonds. The van der Waals surface area contributed by atoms with Crippen molar-refractivity contribution in [2.24, 2.45) is 0 Å². The summed E-state index contributed by atoms with van der Waals surface area (Å²) in [6, 6.07) is 33.6. The molecule has 0 atom stereocenters. The number of amides is 5. The summed E-state index contributed by atoms with van der Waals surface area (Å²) in [4.78, 5) is 97.7. The smallest absolute Gasteiger partial charge is 0.410 e. The Labute approximate surface area is 672 Å². The van der Waals surface area contributed by atoms with Gasteiger partial charge in [0.15, 0.2) is 5.16 Å². The molecule has 15 rings (SSSR count). The van der Waals surface area contributed by atoms with Gasteiger partial charge in [-0.15, -0.1) is 12.4 Å². The highest BCUT2D eigenvalue weighted by atomic mass is 35.5. The fraction of sp³-hybridized carbons (Fsp3) is 0.284. The van der Waals surface area contributed by atoms with E-state index in [1.807, 2.05) is 90.3 Å². The van der Waals surface area contributed by atoms with Gasteiger partial charge in [-0.25, -0.2) is 39.5 Å². The first kappa shape index (κ1) is 80.3. The van der Waals surface area contributed by atoms with Crippen LogP contribution in [0.1, 0.15) is 106 Å². The number of carbonyl (C=O) groups is 5. The van der Waals surface area contributed by atoms with Crippen molar-refractivity contribution in [1.82, 2.24) is 45.0 Å². The van der Waals surface area contributed by atoms with E-state index in [-0.39, 0.29) is 42.3 Å². The SMILES string of the molecule is CC(C)(C)OC(=O)N1CCc2cc(N)ccc2C1.CC(C)(C)OC(=O)N1CCc2cc(Nc3ncc4c(n3)SCN(c3c(Cl)cccc3Cl)C4=O)ccc2C1.CSc1ncc2c(n1)SCN(c1c(Cl)cccc1Cl)C2=O.Cl.O=C1c2cnc(Nc3ccc4c(c3)CCNC4)nc2SCN1c1c(Cl)cccc1Cl. The molecule has 6 aliphatic rings. The molecule has 6 aromatic carbocycles. The van der Waals surface area contributed by atoms with E-state index in [9.17, 15) is 24.0 Å². The second-order valence-electron chi connectivity index (χ2n) is 26.6. The van der Waals surface area contributed by atoms with Crippen LogP contribution < -0.4 is 36.4 Å². The Hall–Kier alpha value is -7.70. The molecule has 0 saturated carbocycles. The van der Waals surface area contributed by atoms with Gasteiger partial charge in [-0.05, 0) is 180 Å². The molecule has 3 aromatic heterocycles. The number of para-hydroxylation sites is 3. The van der Waals surface area contributed by atoms with Gasteiger partial charge in [0.05, 0.1) is 81.5 Å². The number of rotatable bonds is 8. The number of hydrogen-bond acceptors (Lipinski definition) is 21. The monoisotopic (exact) mass is 1660 g/mol. The minimum Gasteiger partial charge on any atom is -0.444 e. The molecule has 9 aromatic rings. The third-order valence-corrected chi connectivity index (χ3v) is 22.1. The average molecular weight is 1660 g/mol. The van der Waals surface area contributed by atoms with E-state index in [0.29, 0.717) is 140 Å². The summed E-state index contributed by atoms with van der Waals surface area (Å²) in [7, 11) is 0. The van der Waals surface area contributed by atoms with E-state index < -0.39 is 11.2 Å². The van der Waals surface area contributed by atoms with Crippen molar-refractivity contribution in [1.29, 1.82) is 0 Å². The molecule has 107 heavy (non-hydrogen) atoms. The molecule has 6 aliphatic heterocycles. The van der Waals surface area contributed by atoms with Crippen LogP contribution >= 0.6 is 129 Å². The predicted molar refractivity (Wildman–Crippen MR) is 434 cm³/mol. The minimum atomic E-state index is -0.525. The van der Waals surface area contributed by atoms with Crippen LogP contribution in [-0.4, -0.2) is 124 Å².